The number of Topliss-reactive ketones (excluding diaryl/α,β-unsaturated/α-hetero) is 1. The molecule has 1 aromatic rings. The van der Waals surface area contributed by atoms with Gasteiger partial charge in [0.2, 0.25) is 5.56 Å². The highest BCUT2D eigenvalue weighted by atomic mass is 16.7. The van der Waals surface area contributed by atoms with E-state index in [0.29, 0.717) is 11.2 Å². The summed E-state index contributed by atoms with van der Waals surface area (Å²) in [5.74, 6) is 0.00373. The van der Waals surface area contributed by atoms with Crippen molar-refractivity contribution in [2.24, 2.45) is 0 Å². The van der Waals surface area contributed by atoms with Gasteiger partial charge in [-0.3, -0.25) is 9.59 Å². The summed E-state index contributed by atoms with van der Waals surface area (Å²) in [6.45, 7) is 9.23. The van der Waals surface area contributed by atoms with E-state index >= 15 is 0 Å². The first kappa shape index (κ1) is 15.0. The minimum atomic E-state index is -0.685. The molecular weight excluding hydrogens is 257 g/mol. The maximum atomic E-state index is 12.1. The van der Waals surface area contributed by atoms with Gasteiger partial charge in [0, 0.05) is 17.6 Å². The number of hydrogen-bond donors (Lipinski definition) is 1. The van der Waals surface area contributed by atoms with Crippen LogP contribution in [0, 0.1) is 0 Å². The Morgan fingerprint density at radius 2 is 1.75 bits per heavy atom. The average molecular weight is 277 g/mol. The zero-order chi connectivity index (χ0) is 15.1. The van der Waals surface area contributed by atoms with Crippen molar-refractivity contribution in [3.05, 3.63) is 28.2 Å². The fraction of sp³-hybridized carbons (Fsp3) is 0.571. The number of pyridine rings is 1. The summed E-state index contributed by atoms with van der Waals surface area (Å²) in [6, 6.07) is 3.39. The molecule has 1 saturated heterocycles. The van der Waals surface area contributed by atoms with Crippen LogP contribution in [0.1, 0.15) is 40.3 Å². The van der Waals surface area contributed by atoms with E-state index in [1.165, 1.54) is 6.92 Å². The maximum absolute atomic E-state index is 12.1. The van der Waals surface area contributed by atoms with Crippen LogP contribution in [0.15, 0.2) is 16.9 Å². The molecule has 0 saturated carbocycles. The van der Waals surface area contributed by atoms with Crippen molar-refractivity contribution in [1.29, 1.82) is 0 Å². The van der Waals surface area contributed by atoms with E-state index in [-0.39, 0.29) is 17.8 Å². The molecule has 20 heavy (non-hydrogen) atoms. The van der Waals surface area contributed by atoms with Crippen molar-refractivity contribution in [1.82, 2.24) is 4.98 Å². The lowest BCUT2D eigenvalue weighted by molar-refractivity contribution is -0.116. The molecule has 2 heterocycles. The predicted molar refractivity (Wildman–Crippen MR) is 77.2 cm³/mol. The number of ketones is 1. The number of H-pyrrole nitrogens is 1. The van der Waals surface area contributed by atoms with Crippen LogP contribution in [0.3, 0.4) is 0 Å². The molecule has 1 fully saturated rings. The van der Waals surface area contributed by atoms with Gasteiger partial charge in [-0.2, -0.15) is 0 Å². The molecule has 5 nitrogen and oxygen atoms in total. The van der Waals surface area contributed by atoms with Gasteiger partial charge in [-0.25, -0.2) is 0 Å². The van der Waals surface area contributed by atoms with Gasteiger partial charge in [-0.15, -0.1) is 0 Å². The Kier molecular flexibility index (Phi) is 3.65. The first-order valence-corrected chi connectivity index (χ1v) is 6.69. The van der Waals surface area contributed by atoms with E-state index in [0.717, 1.165) is 0 Å². The smallest absolute Gasteiger partial charge is 0.399 e. The summed E-state index contributed by atoms with van der Waals surface area (Å²) in [5.41, 5.74) is -0.217. The van der Waals surface area contributed by atoms with Crippen LogP contribution in [0.2, 0.25) is 0 Å². The lowest BCUT2D eigenvalue weighted by Gasteiger charge is -2.32. The predicted octanol–water partition coefficient (Wildman–Crippen LogP) is 0.806. The fourth-order valence-electron chi connectivity index (χ4n) is 2.05. The van der Waals surface area contributed by atoms with E-state index in [4.69, 9.17) is 9.31 Å². The first-order valence-electron chi connectivity index (χ1n) is 6.69. The number of hydrogen-bond acceptors (Lipinski definition) is 4. The number of aromatic nitrogens is 1. The monoisotopic (exact) mass is 277 g/mol. The second-order valence-corrected chi connectivity index (χ2v) is 6.24. The maximum Gasteiger partial charge on any atom is 0.500 e. The third-order valence-electron chi connectivity index (χ3n) is 3.95. The van der Waals surface area contributed by atoms with Crippen molar-refractivity contribution >= 4 is 18.4 Å². The number of carbonyl (C=O) groups excluding carboxylic acids is 1. The van der Waals surface area contributed by atoms with Crippen LogP contribution < -0.4 is 11.0 Å². The summed E-state index contributed by atoms with van der Waals surface area (Å²) in [4.78, 5) is 25.9. The normalized spacial score (nSPS) is 20.1. The van der Waals surface area contributed by atoms with Gasteiger partial charge in [0.15, 0.2) is 0 Å². The lowest BCUT2D eigenvalue weighted by Crippen LogP contribution is -2.45. The van der Waals surface area contributed by atoms with E-state index in [1.54, 1.807) is 12.1 Å². The molecule has 1 aromatic heterocycles. The molecule has 1 N–H and O–H groups in total. The number of rotatable bonds is 3. The van der Waals surface area contributed by atoms with Crippen LogP contribution in [0.4, 0.5) is 0 Å². The quantitative estimate of drug-likeness (QED) is 0.830. The molecule has 0 spiro atoms. The van der Waals surface area contributed by atoms with Gasteiger partial charge in [-0.1, -0.05) is 6.07 Å². The van der Waals surface area contributed by atoms with Crippen molar-refractivity contribution in [2.45, 2.75) is 52.2 Å². The van der Waals surface area contributed by atoms with Crippen LogP contribution in [-0.2, 0) is 20.5 Å². The van der Waals surface area contributed by atoms with Gasteiger partial charge in [0.1, 0.15) is 5.78 Å². The number of carbonyl (C=O) groups is 1. The molecule has 0 atom stereocenters. The summed E-state index contributed by atoms with van der Waals surface area (Å²) < 4.78 is 11.7. The van der Waals surface area contributed by atoms with Crippen molar-refractivity contribution < 1.29 is 14.1 Å². The molecule has 1 aliphatic rings. The highest BCUT2D eigenvalue weighted by Crippen LogP contribution is 2.36. The molecule has 0 radical (unpaired) electrons. The highest BCUT2D eigenvalue weighted by Gasteiger charge is 2.52. The molecule has 0 aromatic carbocycles. The second kappa shape index (κ2) is 4.86. The van der Waals surface area contributed by atoms with E-state index in [1.807, 2.05) is 27.7 Å². The Morgan fingerprint density at radius 3 is 2.20 bits per heavy atom. The molecule has 6 heteroatoms. The molecule has 108 valence electrons. The molecule has 2 rings (SSSR count). The van der Waals surface area contributed by atoms with Crippen LogP contribution in [0.25, 0.3) is 0 Å². The van der Waals surface area contributed by atoms with Crippen molar-refractivity contribution in [2.75, 3.05) is 0 Å². The topological polar surface area (TPSA) is 68.4 Å². The fourth-order valence-corrected chi connectivity index (χ4v) is 2.05. The summed E-state index contributed by atoms with van der Waals surface area (Å²) in [6.07, 6.45) is 0.221. The van der Waals surface area contributed by atoms with Gasteiger partial charge in [0.25, 0.3) is 0 Å². The third-order valence-corrected chi connectivity index (χ3v) is 3.95. The van der Waals surface area contributed by atoms with Gasteiger partial charge in [-0.05, 0) is 40.7 Å². The SMILES string of the molecule is CC(=O)Cc1ccc(B2OC(C)(C)C(C)(C)O2)c(=O)[nH]1. The molecule has 0 amide bonds. The average Bonchev–Trinajstić information content (AvgIpc) is 2.46. The molecular formula is C14H20BNO4. The Balaban J connectivity index is 2.28. The van der Waals surface area contributed by atoms with Gasteiger partial charge < -0.3 is 14.3 Å². The summed E-state index contributed by atoms with van der Waals surface area (Å²) in [5, 5.41) is 0. The number of nitrogens with one attached hydrogen (secondary N) is 1. The molecule has 0 bridgehead atoms. The van der Waals surface area contributed by atoms with Crippen LogP contribution in [0.5, 0.6) is 0 Å². The first-order chi connectivity index (χ1) is 9.12. The van der Waals surface area contributed by atoms with Gasteiger partial charge in [0.05, 0.1) is 11.2 Å². The van der Waals surface area contributed by atoms with Gasteiger partial charge >= 0.3 is 7.12 Å². The van der Waals surface area contributed by atoms with Crippen molar-refractivity contribution in [3.8, 4) is 0 Å². The van der Waals surface area contributed by atoms with Crippen molar-refractivity contribution in [3.63, 3.8) is 0 Å². The Labute approximate surface area is 118 Å². The van der Waals surface area contributed by atoms with Crippen LogP contribution >= 0.6 is 0 Å². The van der Waals surface area contributed by atoms with E-state index < -0.39 is 18.3 Å². The third kappa shape index (κ3) is 2.71. The minimum absolute atomic E-state index is 0.00373. The molecule has 0 aliphatic carbocycles. The van der Waals surface area contributed by atoms with Crippen LogP contribution in [-0.4, -0.2) is 29.1 Å². The Bertz CT molecular complexity index is 575. The zero-order valence-electron chi connectivity index (χ0n) is 12.6. The summed E-state index contributed by atoms with van der Waals surface area (Å²) >= 11 is 0. The largest absolute Gasteiger partial charge is 0.500 e. The standard InChI is InChI=1S/C14H20BNO4/c1-9(17)8-10-6-7-11(12(18)16-10)15-19-13(2,3)14(4,5)20-15/h6-7H,8H2,1-5H3,(H,16,18). The minimum Gasteiger partial charge on any atom is -0.399 e. The summed E-state index contributed by atoms with van der Waals surface area (Å²) in [7, 11) is -0.685. The lowest BCUT2D eigenvalue weighted by atomic mass is 9.80. The molecule has 1 aliphatic heterocycles. The van der Waals surface area contributed by atoms with E-state index in [9.17, 15) is 9.59 Å². The Morgan fingerprint density at radius 1 is 1.20 bits per heavy atom. The molecule has 0 unspecified atom stereocenters. The number of aromatic amines is 1. The highest BCUT2D eigenvalue weighted by molar-refractivity contribution is 6.61. The van der Waals surface area contributed by atoms with E-state index in [2.05, 4.69) is 4.98 Å². The zero-order valence-corrected chi connectivity index (χ0v) is 12.6. The second-order valence-electron chi connectivity index (χ2n) is 6.24. The Hall–Kier alpha value is -1.40.